The molecular weight excluding hydrogens is 292 g/mol. The van der Waals surface area contributed by atoms with Gasteiger partial charge in [-0.15, -0.1) is 0 Å². The highest BCUT2D eigenvalue weighted by molar-refractivity contribution is 5.68. The van der Waals surface area contributed by atoms with Crippen molar-refractivity contribution in [3.05, 3.63) is 23.0 Å². The van der Waals surface area contributed by atoms with Crippen molar-refractivity contribution < 1.29 is 19.7 Å². The van der Waals surface area contributed by atoms with E-state index in [1.54, 1.807) is 18.4 Å². The first kappa shape index (κ1) is 15.1. The molecule has 2 aromatic heterocycles. The smallest absolute Gasteiger partial charge is 0.278 e. The van der Waals surface area contributed by atoms with E-state index in [9.17, 15) is 9.90 Å². The number of imidazole rings is 1. The van der Waals surface area contributed by atoms with Gasteiger partial charge in [-0.2, -0.15) is 0 Å². The number of aromatic nitrogens is 4. The molecule has 0 saturated carbocycles. The molecule has 2 aromatic rings. The average molecular weight is 310 g/mol. The molecule has 0 radical (unpaired) electrons. The fraction of sp³-hybridized carbons (Fsp3) is 0.615. The Morgan fingerprint density at radius 3 is 2.95 bits per heavy atom. The highest BCUT2D eigenvalue weighted by atomic mass is 16.8. The molecule has 0 unspecified atom stereocenters. The Balaban J connectivity index is 1.90. The fourth-order valence-electron chi connectivity index (χ4n) is 2.65. The quantitative estimate of drug-likeness (QED) is 0.661. The summed E-state index contributed by atoms with van der Waals surface area (Å²) < 4.78 is 13.1. The van der Waals surface area contributed by atoms with Crippen molar-refractivity contribution in [2.24, 2.45) is 0 Å². The molecular formula is C13H18N4O5. The molecule has 0 amide bonds. The van der Waals surface area contributed by atoms with Crippen molar-refractivity contribution in [3.8, 4) is 0 Å². The van der Waals surface area contributed by atoms with Crippen LogP contribution in [0, 0.1) is 0 Å². The minimum absolute atomic E-state index is 0.236. The molecule has 1 aliphatic heterocycles. The number of rotatable bonds is 4. The Hall–Kier alpha value is -1.81. The zero-order chi connectivity index (χ0) is 15.9. The van der Waals surface area contributed by atoms with Gasteiger partial charge < -0.3 is 29.2 Å². The number of aliphatic hydroxyl groups is 2. The lowest BCUT2D eigenvalue weighted by molar-refractivity contribution is -0.157. The molecule has 0 aliphatic carbocycles. The fourth-order valence-corrected chi connectivity index (χ4v) is 2.65. The van der Waals surface area contributed by atoms with Gasteiger partial charge in [-0.1, -0.05) is 0 Å². The minimum atomic E-state index is -1.06. The second-order valence-corrected chi connectivity index (χ2v) is 5.69. The molecule has 9 nitrogen and oxygen atoms in total. The topological polar surface area (TPSA) is 122 Å². The molecule has 3 heterocycles. The number of fused-ring (bicyclic) bond motifs is 1. The van der Waals surface area contributed by atoms with E-state index in [1.165, 1.54) is 12.7 Å². The monoisotopic (exact) mass is 310 g/mol. The lowest BCUT2D eigenvalue weighted by Gasteiger charge is -2.21. The molecule has 0 spiro atoms. The summed E-state index contributed by atoms with van der Waals surface area (Å²) in [6.07, 6.45) is 0.552. The molecule has 0 aromatic carbocycles. The predicted octanol–water partition coefficient (Wildman–Crippen LogP) is -1.01. The van der Waals surface area contributed by atoms with Gasteiger partial charge >= 0.3 is 0 Å². The number of ether oxygens (including phenoxy) is 2. The molecule has 3 atom stereocenters. The SMILES string of the molecule is CC1(C)O[C@H]([C@H](O)CO)[C@H](Cn2cnc3c(=O)[nH]cnc32)O1. The van der Waals surface area contributed by atoms with Crippen LogP contribution in [0.15, 0.2) is 17.4 Å². The third kappa shape index (κ3) is 2.63. The first-order valence-corrected chi connectivity index (χ1v) is 6.94. The van der Waals surface area contributed by atoms with Crippen LogP contribution in [-0.2, 0) is 16.0 Å². The Kier molecular flexibility index (Phi) is 3.73. The van der Waals surface area contributed by atoms with Crippen molar-refractivity contribution in [1.29, 1.82) is 0 Å². The third-order valence-electron chi connectivity index (χ3n) is 3.57. The maximum Gasteiger partial charge on any atom is 0.278 e. The Morgan fingerprint density at radius 1 is 1.45 bits per heavy atom. The summed E-state index contributed by atoms with van der Waals surface area (Å²) >= 11 is 0. The number of hydrogen-bond acceptors (Lipinski definition) is 7. The van der Waals surface area contributed by atoms with Crippen LogP contribution in [-0.4, -0.2) is 60.4 Å². The van der Waals surface area contributed by atoms with Gasteiger partial charge in [0, 0.05) is 0 Å². The van der Waals surface area contributed by atoms with E-state index in [0.717, 1.165) is 0 Å². The van der Waals surface area contributed by atoms with Gasteiger partial charge in [-0.3, -0.25) is 4.79 Å². The number of nitrogens with one attached hydrogen (secondary N) is 1. The molecule has 3 N–H and O–H groups in total. The van der Waals surface area contributed by atoms with E-state index in [1.807, 2.05) is 0 Å². The molecule has 120 valence electrons. The lowest BCUT2D eigenvalue weighted by Crippen LogP contribution is -2.39. The summed E-state index contributed by atoms with van der Waals surface area (Å²) in [5, 5.41) is 19.1. The van der Waals surface area contributed by atoms with Gasteiger partial charge in [-0.05, 0) is 13.8 Å². The minimum Gasteiger partial charge on any atom is -0.394 e. The van der Waals surface area contributed by atoms with Gasteiger partial charge in [0.05, 0.1) is 25.8 Å². The highest BCUT2D eigenvalue weighted by Gasteiger charge is 2.44. The van der Waals surface area contributed by atoms with Gasteiger partial charge in [0.25, 0.3) is 5.56 Å². The van der Waals surface area contributed by atoms with Gasteiger partial charge in [-0.25, -0.2) is 9.97 Å². The van der Waals surface area contributed by atoms with Crippen molar-refractivity contribution in [1.82, 2.24) is 19.5 Å². The lowest BCUT2D eigenvalue weighted by atomic mass is 10.1. The number of nitrogens with zero attached hydrogens (tertiary/aromatic N) is 3. The Morgan fingerprint density at radius 2 is 2.23 bits per heavy atom. The Bertz CT molecular complexity index is 725. The molecule has 1 aliphatic rings. The van der Waals surface area contributed by atoms with Crippen molar-refractivity contribution in [2.45, 2.75) is 44.5 Å². The van der Waals surface area contributed by atoms with E-state index in [2.05, 4.69) is 15.0 Å². The number of aliphatic hydroxyl groups excluding tert-OH is 2. The maximum absolute atomic E-state index is 11.7. The largest absolute Gasteiger partial charge is 0.394 e. The standard InChI is InChI=1S/C13H18N4O5/c1-13(2)21-8(10(22-13)7(19)4-18)3-17-6-16-9-11(17)14-5-15-12(9)20/h5-8,10,18-19H,3-4H2,1-2H3,(H,14,15,20)/t7-,8+,10-/m1/s1. The van der Waals surface area contributed by atoms with Crippen molar-refractivity contribution in [2.75, 3.05) is 6.61 Å². The van der Waals surface area contributed by atoms with E-state index < -0.39 is 30.7 Å². The summed E-state index contributed by atoms with van der Waals surface area (Å²) in [6.45, 7) is 3.33. The van der Waals surface area contributed by atoms with Crippen LogP contribution in [0.5, 0.6) is 0 Å². The normalized spacial score (nSPS) is 25.6. The predicted molar refractivity (Wildman–Crippen MR) is 75.1 cm³/mol. The number of H-pyrrole nitrogens is 1. The first-order chi connectivity index (χ1) is 10.4. The second-order valence-electron chi connectivity index (χ2n) is 5.69. The van der Waals surface area contributed by atoms with E-state index in [4.69, 9.17) is 14.6 Å². The van der Waals surface area contributed by atoms with E-state index in [-0.39, 0.29) is 17.6 Å². The van der Waals surface area contributed by atoms with E-state index in [0.29, 0.717) is 5.65 Å². The van der Waals surface area contributed by atoms with Crippen LogP contribution in [0.2, 0.25) is 0 Å². The van der Waals surface area contributed by atoms with Crippen LogP contribution < -0.4 is 5.56 Å². The summed E-state index contributed by atoms with van der Waals surface area (Å²) in [4.78, 5) is 22.3. The van der Waals surface area contributed by atoms with E-state index >= 15 is 0 Å². The maximum atomic E-state index is 11.7. The molecule has 1 fully saturated rings. The summed E-state index contributed by atoms with van der Waals surface area (Å²) in [5.74, 6) is -0.868. The van der Waals surface area contributed by atoms with Crippen LogP contribution in [0.3, 0.4) is 0 Å². The molecule has 22 heavy (non-hydrogen) atoms. The summed E-state index contributed by atoms with van der Waals surface area (Å²) in [5.41, 5.74) is 0.342. The van der Waals surface area contributed by atoms with Crippen LogP contribution in [0.1, 0.15) is 13.8 Å². The highest BCUT2D eigenvalue weighted by Crippen LogP contribution is 2.31. The van der Waals surface area contributed by atoms with Gasteiger partial charge in [0.2, 0.25) is 0 Å². The number of aromatic amines is 1. The van der Waals surface area contributed by atoms with Crippen LogP contribution in [0.25, 0.3) is 11.2 Å². The number of hydrogen-bond donors (Lipinski definition) is 3. The summed E-state index contributed by atoms with van der Waals surface area (Å²) in [7, 11) is 0. The average Bonchev–Trinajstić information content (AvgIpc) is 3.01. The van der Waals surface area contributed by atoms with Crippen LogP contribution >= 0.6 is 0 Å². The first-order valence-electron chi connectivity index (χ1n) is 6.94. The molecule has 1 saturated heterocycles. The van der Waals surface area contributed by atoms with Crippen molar-refractivity contribution in [3.63, 3.8) is 0 Å². The van der Waals surface area contributed by atoms with Crippen LogP contribution in [0.4, 0.5) is 0 Å². The zero-order valence-electron chi connectivity index (χ0n) is 12.3. The Labute approximate surface area is 125 Å². The van der Waals surface area contributed by atoms with Crippen molar-refractivity contribution >= 4 is 11.2 Å². The molecule has 0 bridgehead atoms. The zero-order valence-corrected chi connectivity index (χ0v) is 12.3. The molecule has 9 heteroatoms. The summed E-state index contributed by atoms with van der Waals surface area (Å²) in [6, 6.07) is 0. The van der Waals surface area contributed by atoms with Gasteiger partial charge in [0.1, 0.15) is 18.3 Å². The molecule has 3 rings (SSSR count). The third-order valence-corrected chi connectivity index (χ3v) is 3.57. The van der Waals surface area contributed by atoms with Gasteiger partial charge in [0.15, 0.2) is 17.0 Å². The second kappa shape index (κ2) is 5.43.